The third kappa shape index (κ3) is 1.52. The molecule has 2 aromatic rings. The second-order valence-corrected chi connectivity index (χ2v) is 3.99. The highest BCUT2D eigenvalue weighted by molar-refractivity contribution is 9.10. The van der Waals surface area contributed by atoms with Gasteiger partial charge in [-0.3, -0.25) is 0 Å². The van der Waals surface area contributed by atoms with Crippen LogP contribution in [0.2, 0.25) is 0 Å². The molecule has 2 rings (SSSR count). The summed E-state index contributed by atoms with van der Waals surface area (Å²) in [6.07, 6.45) is 3.31. The molecule has 0 aliphatic rings. The van der Waals surface area contributed by atoms with E-state index in [9.17, 15) is 4.79 Å². The number of carbonyl (C=O) groups excluding carboxylic acids is 1. The first-order chi connectivity index (χ1) is 7.15. The Bertz CT molecular complexity index is 533. The van der Waals surface area contributed by atoms with E-state index in [0.717, 1.165) is 15.6 Å². The lowest BCUT2D eigenvalue weighted by molar-refractivity contribution is 0.0603. The van der Waals surface area contributed by atoms with Crippen LogP contribution in [0.5, 0.6) is 0 Å². The van der Waals surface area contributed by atoms with Gasteiger partial charge >= 0.3 is 5.97 Å². The van der Waals surface area contributed by atoms with Crippen LogP contribution in [0.1, 0.15) is 15.9 Å². The van der Waals surface area contributed by atoms with E-state index in [2.05, 4.69) is 25.8 Å². The molecule has 0 saturated heterocycles. The summed E-state index contributed by atoms with van der Waals surface area (Å²) < 4.78 is 7.29. The fourth-order valence-electron chi connectivity index (χ4n) is 1.48. The molecule has 0 bridgehead atoms. The molecule has 5 heteroatoms. The number of hydrogen-bond donors (Lipinski definition) is 0. The van der Waals surface area contributed by atoms with Gasteiger partial charge < -0.3 is 4.74 Å². The van der Waals surface area contributed by atoms with Crippen LogP contribution in [-0.2, 0) is 4.74 Å². The van der Waals surface area contributed by atoms with Crippen LogP contribution < -0.4 is 0 Å². The molecule has 78 valence electrons. The summed E-state index contributed by atoms with van der Waals surface area (Å²) in [5.74, 6) is -0.369. The molecule has 0 N–H and O–H groups in total. The van der Waals surface area contributed by atoms with E-state index < -0.39 is 0 Å². The van der Waals surface area contributed by atoms with E-state index in [1.54, 1.807) is 10.7 Å². The maximum absolute atomic E-state index is 11.5. The molecule has 4 nitrogen and oxygen atoms in total. The number of methoxy groups -OCH3 is 1. The molecular weight excluding hydrogens is 260 g/mol. The van der Waals surface area contributed by atoms with Crippen molar-refractivity contribution < 1.29 is 9.53 Å². The highest BCUT2D eigenvalue weighted by atomic mass is 79.9. The van der Waals surface area contributed by atoms with E-state index in [1.807, 2.05) is 13.0 Å². The molecule has 2 heterocycles. The smallest absolute Gasteiger partial charge is 0.341 e. The van der Waals surface area contributed by atoms with Gasteiger partial charge in [0.15, 0.2) is 0 Å². The van der Waals surface area contributed by atoms with Crippen LogP contribution in [0.15, 0.2) is 22.9 Å². The number of hydrogen-bond acceptors (Lipinski definition) is 3. The predicted molar refractivity (Wildman–Crippen MR) is 59.0 cm³/mol. The van der Waals surface area contributed by atoms with Gasteiger partial charge in [0.05, 0.1) is 18.8 Å². The van der Waals surface area contributed by atoms with Gasteiger partial charge in [-0.25, -0.2) is 9.31 Å². The summed E-state index contributed by atoms with van der Waals surface area (Å²) in [4.78, 5) is 11.5. The lowest BCUT2D eigenvalue weighted by Gasteiger charge is -2.02. The maximum atomic E-state index is 11.5. The Hall–Kier alpha value is -1.36. The van der Waals surface area contributed by atoms with Crippen LogP contribution >= 0.6 is 15.9 Å². The maximum Gasteiger partial charge on any atom is 0.341 e. The molecule has 0 aromatic carbocycles. The Labute approximate surface area is 95.0 Å². The zero-order chi connectivity index (χ0) is 11.0. The summed E-state index contributed by atoms with van der Waals surface area (Å²) in [6, 6.07) is 1.89. The van der Waals surface area contributed by atoms with Crippen molar-refractivity contribution >= 4 is 27.4 Å². The lowest BCUT2D eigenvalue weighted by atomic mass is 10.2. The number of nitrogens with zero attached hydrogens (tertiary/aromatic N) is 2. The first kappa shape index (κ1) is 10.2. The second kappa shape index (κ2) is 3.66. The number of carbonyl (C=O) groups is 1. The van der Waals surface area contributed by atoms with Crippen molar-refractivity contribution in [2.24, 2.45) is 0 Å². The average Bonchev–Trinajstić information content (AvgIpc) is 2.67. The lowest BCUT2D eigenvalue weighted by Crippen LogP contribution is -2.01. The molecule has 0 amide bonds. The summed E-state index contributed by atoms with van der Waals surface area (Å²) in [5.41, 5.74) is 2.22. The summed E-state index contributed by atoms with van der Waals surface area (Å²) in [7, 11) is 1.36. The van der Waals surface area contributed by atoms with Gasteiger partial charge in [0.2, 0.25) is 0 Å². The molecule has 0 atom stereocenters. The zero-order valence-electron chi connectivity index (χ0n) is 8.32. The van der Waals surface area contributed by atoms with E-state index in [-0.39, 0.29) is 5.97 Å². The predicted octanol–water partition coefficient (Wildman–Crippen LogP) is 2.19. The fourth-order valence-corrected chi connectivity index (χ4v) is 1.79. The summed E-state index contributed by atoms with van der Waals surface area (Å²) in [5, 5.41) is 4.08. The number of ether oxygens (including phenoxy) is 1. The van der Waals surface area contributed by atoms with E-state index >= 15 is 0 Å². The minimum atomic E-state index is -0.369. The Morgan fingerprint density at radius 3 is 3.00 bits per heavy atom. The third-order valence-corrected chi connectivity index (χ3v) is 3.14. The molecule has 0 spiro atoms. The van der Waals surface area contributed by atoms with Crippen LogP contribution in [0.4, 0.5) is 0 Å². The Morgan fingerprint density at radius 1 is 1.60 bits per heavy atom. The van der Waals surface area contributed by atoms with Gasteiger partial charge in [-0.05, 0) is 18.6 Å². The van der Waals surface area contributed by atoms with Crippen LogP contribution in [-0.4, -0.2) is 22.7 Å². The first-order valence-electron chi connectivity index (χ1n) is 4.36. The average molecular weight is 269 g/mol. The van der Waals surface area contributed by atoms with Crippen molar-refractivity contribution in [3.63, 3.8) is 0 Å². The molecule has 0 saturated carbocycles. The molecule has 15 heavy (non-hydrogen) atoms. The molecule has 0 radical (unpaired) electrons. The summed E-state index contributed by atoms with van der Waals surface area (Å²) in [6.45, 7) is 1.92. The normalized spacial score (nSPS) is 10.6. The Morgan fingerprint density at radius 2 is 2.33 bits per heavy atom. The molecule has 0 aliphatic carbocycles. The van der Waals surface area contributed by atoms with Crippen LogP contribution in [0.3, 0.4) is 0 Å². The van der Waals surface area contributed by atoms with Crippen LogP contribution in [0.25, 0.3) is 5.52 Å². The standard InChI is InChI=1S/C10H9BrN2O2/c1-6-8(11)3-4-13-9(6)7(5-12-13)10(14)15-2/h3-5H,1-2H3. The topological polar surface area (TPSA) is 43.6 Å². The number of pyridine rings is 1. The van der Waals surface area contributed by atoms with Crippen molar-refractivity contribution in [3.05, 3.63) is 34.1 Å². The Balaban J connectivity index is 2.77. The monoisotopic (exact) mass is 268 g/mol. The van der Waals surface area contributed by atoms with Gasteiger partial charge in [0.1, 0.15) is 5.56 Å². The zero-order valence-corrected chi connectivity index (χ0v) is 9.91. The number of aryl methyl sites for hydroxylation is 1. The number of aromatic nitrogens is 2. The molecule has 0 aliphatic heterocycles. The van der Waals surface area contributed by atoms with Gasteiger partial charge in [0.25, 0.3) is 0 Å². The van der Waals surface area contributed by atoms with E-state index in [0.29, 0.717) is 5.56 Å². The number of fused-ring (bicyclic) bond motifs is 1. The molecule has 0 unspecified atom stereocenters. The summed E-state index contributed by atoms with van der Waals surface area (Å²) >= 11 is 3.41. The van der Waals surface area contributed by atoms with E-state index in [4.69, 9.17) is 0 Å². The second-order valence-electron chi connectivity index (χ2n) is 3.13. The van der Waals surface area contributed by atoms with Crippen molar-refractivity contribution in [3.8, 4) is 0 Å². The van der Waals surface area contributed by atoms with E-state index in [1.165, 1.54) is 13.3 Å². The van der Waals surface area contributed by atoms with Crippen LogP contribution in [0, 0.1) is 6.92 Å². The molecular formula is C10H9BrN2O2. The van der Waals surface area contributed by atoms with Crippen molar-refractivity contribution in [2.45, 2.75) is 6.92 Å². The highest BCUT2D eigenvalue weighted by Crippen LogP contribution is 2.23. The number of halogens is 1. The molecule has 2 aromatic heterocycles. The fraction of sp³-hybridized carbons (Fsp3) is 0.200. The Kier molecular flexibility index (Phi) is 2.48. The first-order valence-corrected chi connectivity index (χ1v) is 5.15. The minimum absolute atomic E-state index is 0.369. The molecule has 0 fully saturated rings. The van der Waals surface area contributed by atoms with Crippen molar-refractivity contribution in [1.29, 1.82) is 0 Å². The third-order valence-electron chi connectivity index (χ3n) is 2.28. The largest absolute Gasteiger partial charge is 0.465 e. The minimum Gasteiger partial charge on any atom is -0.465 e. The van der Waals surface area contributed by atoms with Gasteiger partial charge in [-0.15, -0.1) is 0 Å². The van der Waals surface area contributed by atoms with Gasteiger partial charge in [-0.1, -0.05) is 15.9 Å². The number of rotatable bonds is 1. The number of esters is 1. The van der Waals surface area contributed by atoms with Gasteiger partial charge in [0, 0.05) is 10.7 Å². The van der Waals surface area contributed by atoms with Gasteiger partial charge in [-0.2, -0.15) is 5.10 Å². The van der Waals surface area contributed by atoms with Crippen molar-refractivity contribution in [1.82, 2.24) is 9.61 Å². The highest BCUT2D eigenvalue weighted by Gasteiger charge is 2.15. The SMILES string of the molecule is COC(=O)c1cnn2ccc(Br)c(C)c12. The van der Waals surface area contributed by atoms with Crippen molar-refractivity contribution in [2.75, 3.05) is 7.11 Å². The quantitative estimate of drug-likeness (QED) is 0.745.